The zero-order chi connectivity index (χ0) is 19.6. The number of benzene rings is 1. The zero-order valence-corrected chi connectivity index (χ0v) is 16.0. The second-order valence-corrected chi connectivity index (χ2v) is 7.72. The number of piperidine rings is 1. The first-order chi connectivity index (χ1) is 12.9. The van der Waals surface area contributed by atoms with Crippen LogP contribution in [-0.4, -0.2) is 41.0 Å². The molecule has 3 atom stereocenters. The molecule has 1 aliphatic rings. The molecule has 7 nitrogen and oxygen atoms in total. The van der Waals surface area contributed by atoms with Gasteiger partial charge in [0.2, 0.25) is 5.91 Å². The number of fused-ring (bicyclic) bond motifs is 1. The van der Waals surface area contributed by atoms with Gasteiger partial charge in [0.15, 0.2) is 0 Å². The number of nitrogens with zero attached hydrogens (tertiary/aromatic N) is 4. The Kier molecular flexibility index (Phi) is 5.57. The topological polar surface area (TPSA) is 108 Å². The molecule has 3 rings (SSSR count). The van der Waals surface area contributed by atoms with E-state index in [-0.39, 0.29) is 17.9 Å². The predicted molar refractivity (Wildman–Crippen MR) is 105 cm³/mol. The van der Waals surface area contributed by atoms with Crippen molar-refractivity contribution in [2.24, 2.45) is 17.6 Å². The van der Waals surface area contributed by atoms with Crippen LogP contribution in [0.1, 0.15) is 32.8 Å². The van der Waals surface area contributed by atoms with Crippen molar-refractivity contribution in [1.29, 1.82) is 5.26 Å². The van der Waals surface area contributed by atoms with E-state index in [1.54, 1.807) is 18.5 Å². The second kappa shape index (κ2) is 7.89. The highest BCUT2D eigenvalue weighted by Crippen LogP contribution is 2.30. The fourth-order valence-corrected chi connectivity index (χ4v) is 3.64. The molecule has 0 spiro atoms. The Hall–Kier alpha value is -2.72. The van der Waals surface area contributed by atoms with Gasteiger partial charge in [0.25, 0.3) is 0 Å². The van der Waals surface area contributed by atoms with Gasteiger partial charge in [-0.3, -0.25) is 14.8 Å². The van der Waals surface area contributed by atoms with E-state index in [4.69, 9.17) is 5.73 Å². The summed E-state index contributed by atoms with van der Waals surface area (Å²) in [6.07, 6.45) is 4.15. The lowest BCUT2D eigenvalue weighted by molar-refractivity contribution is -0.124. The average molecular weight is 366 g/mol. The number of hydrogen-bond acceptors (Lipinski definition) is 6. The number of amides is 1. The summed E-state index contributed by atoms with van der Waals surface area (Å²) in [6.45, 7) is 7.60. The van der Waals surface area contributed by atoms with Crippen LogP contribution >= 0.6 is 0 Å². The van der Waals surface area contributed by atoms with Crippen LogP contribution in [0, 0.1) is 23.2 Å². The van der Waals surface area contributed by atoms with Crippen molar-refractivity contribution >= 4 is 22.6 Å². The van der Waals surface area contributed by atoms with E-state index in [0.717, 1.165) is 24.2 Å². The molecular formula is C20H26N6O. The Morgan fingerprint density at radius 1 is 1.30 bits per heavy atom. The molecule has 0 radical (unpaired) electrons. The maximum absolute atomic E-state index is 12.4. The molecule has 2 heterocycles. The minimum absolute atomic E-state index is 0.0217. The van der Waals surface area contributed by atoms with Gasteiger partial charge in [0, 0.05) is 31.5 Å². The van der Waals surface area contributed by atoms with Gasteiger partial charge >= 0.3 is 0 Å². The van der Waals surface area contributed by atoms with Gasteiger partial charge in [-0.05, 0) is 30.4 Å². The lowest BCUT2D eigenvalue weighted by Gasteiger charge is -2.39. The standard InChI is InChI=1S/C20H26N6O/c1-12(2)17(22)20(27)25-15-8-13(3)10-26(11-15)16-5-4-14(9-21)18-19(16)24-7-6-23-18/h4-7,12-13,15,17H,8,10-11,22H2,1-3H3,(H,25,27)/t13-,15+,17+/m0/s1. The number of rotatable bonds is 4. The third-order valence-electron chi connectivity index (χ3n) is 5.09. The maximum atomic E-state index is 12.4. The Bertz CT molecular complexity index is 874. The van der Waals surface area contributed by atoms with Gasteiger partial charge in [-0.2, -0.15) is 5.26 Å². The average Bonchev–Trinajstić information content (AvgIpc) is 2.65. The molecule has 1 amide bonds. The summed E-state index contributed by atoms with van der Waals surface area (Å²) >= 11 is 0. The quantitative estimate of drug-likeness (QED) is 0.854. The molecule has 1 aromatic carbocycles. The van der Waals surface area contributed by atoms with E-state index < -0.39 is 6.04 Å². The molecule has 7 heteroatoms. The van der Waals surface area contributed by atoms with Crippen LogP contribution in [0.4, 0.5) is 5.69 Å². The predicted octanol–water partition coefficient (Wildman–Crippen LogP) is 1.82. The van der Waals surface area contributed by atoms with E-state index >= 15 is 0 Å². The third-order valence-corrected chi connectivity index (χ3v) is 5.09. The highest BCUT2D eigenvalue weighted by molar-refractivity contribution is 5.92. The molecule has 0 unspecified atom stereocenters. The van der Waals surface area contributed by atoms with Crippen molar-refractivity contribution in [2.45, 2.75) is 39.3 Å². The first kappa shape index (κ1) is 19.1. The highest BCUT2D eigenvalue weighted by Gasteiger charge is 2.29. The lowest BCUT2D eigenvalue weighted by atomic mass is 9.94. The minimum atomic E-state index is -0.503. The SMILES string of the molecule is CC(C)[C@@H](N)C(=O)N[C@@H]1C[C@H](C)CN(c2ccc(C#N)c3nccnc23)C1. The number of hydrogen-bond donors (Lipinski definition) is 2. The molecule has 1 aromatic heterocycles. The molecule has 1 saturated heterocycles. The number of aromatic nitrogens is 2. The van der Waals surface area contributed by atoms with Crippen molar-refractivity contribution in [3.05, 3.63) is 30.1 Å². The summed E-state index contributed by atoms with van der Waals surface area (Å²) < 4.78 is 0. The van der Waals surface area contributed by atoms with Crippen molar-refractivity contribution in [3.63, 3.8) is 0 Å². The van der Waals surface area contributed by atoms with Crippen molar-refractivity contribution in [1.82, 2.24) is 15.3 Å². The number of nitriles is 1. The Labute approximate surface area is 159 Å². The molecule has 27 heavy (non-hydrogen) atoms. The summed E-state index contributed by atoms with van der Waals surface area (Å²) in [5.41, 5.74) is 8.77. The van der Waals surface area contributed by atoms with Crippen LogP contribution < -0.4 is 16.0 Å². The van der Waals surface area contributed by atoms with Crippen LogP contribution in [0.15, 0.2) is 24.5 Å². The fourth-order valence-electron chi connectivity index (χ4n) is 3.64. The largest absolute Gasteiger partial charge is 0.367 e. The molecule has 0 bridgehead atoms. The summed E-state index contributed by atoms with van der Waals surface area (Å²) in [6, 6.07) is 5.40. The van der Waals surface area contributed by atoms with Gasteiger partial charge in [0.05, 0.1) is 17.3 Å². The van der Waals surface area contributed by atoms with Crippen LogP contribution in [0.5, 0.6) is 0 Å². The fraction of sp³-hybridized carbons (Fsp3) is 0.500. The van der Waals surface area contributed by atoms with Crippen LogP contribution in [0.3, 0.4) is 0 Å². The smallest absolute Gasteiger partial charge is 0.237 e. The Morgan fingerprint density at radius 2 is 2.00 bits per heavy atom. The molecule has 142 valence electrons. The van der Waals surface area contributed by atoms with E-state index in [2.05, 4.69) is 33.2 Å². The highest BCUT2D eigenvalue weighted by atomic mass is 16.2. The van der Waals surface area contributed by atoms with Crippen LogP contribution in [0.2, 0.25) is 0 Å². The zero-order valence-electron chi connectivity index (χ0n) is 16.0. The molecule has 0 saturated carbocycles. The number of anilines is 1. The monoisotopic (exact) mass is 366 g/mol. The number of carbonyl (C=O) groups excluding carboxylic acids is 1. The van der Waals surface area contributed by atoms with Crippen LogP contribution in [0.25, 0.3) is 11.0 Å². The van der Waals surface area contributed by atoms with Gasteiger partial charge in [-0.15, -0.1) is 0 Å². The van der Waals surface area contributed by atoms with E-state index in [1.807, 2.05) is 19.9 Å². The van der Waals surface area contributed by atoms with Crippen molar-refractivity contribution in [3.8, 4) is 6.07 Å². The Balaban J connectivity index is 1.86. The maximum Gasteiger partial charge on any atom is 0.237 e. The van der Waals surface area contributed by atoms with E-state index in [9.17, 15) is 10.1 Å². The molecule has 2 aromatic rings. The molecule has 3 N–H and O–H groups in total. The Morgan fingerprint density at radius 3 is 2.67 bits per heavy atom. The van der Waals surface area contributed by atoms with E-state index in [1.165, 1.54) is 0 Å². The normalized spacial score (nSPS) is 21.1. The molecular weight excluding hydrogens is 340 g/mol. The molecule has 1 aliphatic heterocycles. The minimum Gasteiger partial charge on any atom is -0.367 e. The summed E-state index contributed by atoms with van der Waals surface area (Å²) in [7, 11) is 0. The first-order valence-electron chi connectivity index (χ1n) is 9.35. The summed E-state index contributed by atoms with van der Waals surface area (Å²) in [5, 5.41) is 12.4. The van der Waals surface area contributed by atoms with Gasteiger partial charge in [-0.25, -0.2) is 0 Å². The first-order valence-corrected chi connectivity index (χ1v) is 9.35. The third kappa shape index (κ3) is 4.01. The number of nitrogens with one attached hydrogen (secondary N) is 1. The summed E-state index contributed by atoms with van der Waals surface area (Å²) in [5.74, 6) is 0.398. The lowest BCUT2D eigenvalue weighted by Crippen LogP contribution is -2.54. The van der Waals surface area contributed by atoms with Gasteiger partial charge in [-0.1, -0.05) is 20.8 Å². The molecule has 1 fully saturated rings. The van der Waals surface area contributed by atoms with Gasteiger partial charge < -0.3 is 16.0 Å². The van der Waals surface area contributed by atoms with E-state index in [0.29, 0.717) is 23.5 Å². The summed E-state index contributed by atoms with van der Waals surface area (Å²) in [4.78, 5) is 23.4. The van der Waals surface area contributed by atoms with Crippen molar-refractivity contribution < 1.29 is 4.79 Å². The van der Waals surface area contributed by atoms with Gasteiger partial charge in [0.1, 0.15) is 17.1 Å². The number of carbonyl (C=O) groups is 1. The number of nitrogens with two attached hydrogens (primary N) is 1. The van der Waals surface area contributed by atoms with Crippen molar-refractivity contribution in [2.75, 3.05) is 18.0 Å². The molecule has 0 aliphatic carbocycles. The second-order valence-electron chi connectivity index (χ2n) is 7.72. The van der Waals surface area contributed by atoms with Crippen LogP contribution in [-0.2, 0) is 4.79 Å².